The second kappa shape index (κ2) is 6.93. The molecule has 0 saturated carbocycles. The Morgan fingerprint density at radius 3 is 2.76 bits per heavy atom. The maximum Gasteiger partial charge on any atom is 0.240 e. The van der Waals surface area contributed by atoms with Crippen molar-refractivity contribution in [3.63, 3.8) is 0 Å². The summed E-state index contributed by atoms with van der Waals surface area (Å²) >= 11 is 0. The summed E-state index contributed by atoms with van der Waals surface area (Å²) < 4.78 is 40.6. The fourth-order valence-electron chi connectivity index (χ4n) is 2.98. The van der Waals surface area contributed by atoms with Crippen molar-refractivity contribution < 1.29 is 17.6 Å². The monoisotopic (exact) mass is 362 g/mol. The number of halogens is 1. The van der Waals surface area contributed by atoms with E-state index in [0.29, 0.717) is 19.4 Å². The van der Waals surface area contributed by atoms with Crippen molar-refractivity contribution in [2.75, 3.05) is 18.0 Å². The number of nitrogens with one attached hydrogen (secondary N) is 1. The molecule has 0 bridgehead atoms. The highest BCUT2D eigenvalue weighted by Crippen LogP contribution is 2.30. The number of benzene rings is 2. The van der Waals surface area contributed by atoms with E-state index in [9.17, 15) is 17.6 Å². The van der Waals surface area contributed by atoms with E-state index < -0.39 is 10.0 Å². The molecule has 0 saturated heterocycles. The van der Waals surface area contributed by atoms with Gasteiger partial charge in [-0.1, -0.05) is 12.1 Å². The van der Waals surface area contributed by atoms with E-state index in [0.717, 1.165) is 16.8 Å². The molecule has 2 aromatic carbocycles. The number of fused-ring (bicyclic) bond motifs is 1. The maximum absolute atomic E-state index is 13.1. The van der Waals surface area contributed by atoms with Gasteiger partial charge in [-0.3, -0.25) is 4.79 Å². The molecule has 3 rings (SSSR count). The van der Waals surface area contributed by atoms with Crippen LogP contribution in [0.5, 0.6) is 0 Å². The summed E-state index contributed by atoms with van der Waals surface area (Å²) in [6, 6.07) is 10.9. The van der Waals surface area contributed by atoms with Gasteiger partial charge in [-0.25, -0.2) is 17.5 Å². The Morgan fingerprint density at radius 2 is 2.04 bits per heavy atom. The fraction of sp³-hybridized carbons (Fsp3) is 0.278. The summed E-state index contributed by atoms with van der Waals surface area (Å²) in [6.07, 6.45) is 1.04. The van der Waals surface area contributed by atoms with E-state index in [2.05, 4.69) is 4.72 Å². The predicted molar refractivity (Wildman–Crippen MR) is 93.5 cm³/mol. The van der Waals surface area contributed by atoms with Gasteiger partial charge in [-0.15, -0.1) is 0 Å². The SMILES string of the molecule is CC(=O)N1CCc2cc(S(=O)(=O)NCCc3cccc(F)c3)ccc21. The van der Waals surface area contributed by atoms with Gasteiger partial charge in [-0.2, -0.15) is 0 Å². The lowest BCUT2D eigenvalue weighted by Crippen LogP contribution is -2.26. The number of amides is 1. The van der Waals surface area contributed by atoms with E-state index in [4.69, 9.17) is 0 Å². The summed E-state index contributed by atoms with van der Waals surface area (Å²) in [5.41, 5.74) is 2.35. The van der Waals surface area contributed by atoms with Crippen molar-refractivity contribution in [1.29, 1.82) is 0 Å². The van der Waals surface area contributed by atoms with Crippen LogP contribution in [0, 0.1) is 5.82 Å². The topological polar surface area (TPSA) is 66.5 Å². The molecular weight excluding hydrogens is 343 g/mol. The zero-order valence-corrected chi connectivity index (χ0v) is 14.6. The molecule has 1 amide bonds. The summed E-state index contributed by atoms with van der Waals surface area (Å²) in [6.45, 7) is 2.25. The van der Waals surface area contributed by atoms with Gasteiger partial charge in [0, 0.05) is 25.7 Å². The molecule has 0 aliphatic carbocycles. The largest absolute Gasteiger partial charge is 0.312 e. The Kier molecular flexibility index (Phi) is 4.87. The lowest BCUT2D eigenvalue weighted by Gasteiger charge is -2.15. The Morgan fingerprint density at radius 1 is 1.24 bits per heavy atom. The van der Waals surface area contributed by atoms with E-state index in [1.807, 2.05) is 0 Å². The van der Waals surface area contributed by atoms with Gasteiger partial charge in [0.25, 0.3) is 0 Å². The summed E-state index contributed by atoms with van der Waals surface area (Å²) in [5.74, 6) is -0.392. The van der Waals surface area contributed by atoms with Crippen LogP contribution in [0.15, 0.2) is 47.4 Å². The Hall–Kier alpha value is -2.25. The molecule has 2 aromatic rings. The smallest absolute Gasteiger partial charge is 0.240 e. The molecule has 1 heterocycles. The molecule has 0 unspecified atom stereocenters. The summed E-state index contributed by atoms with van der Waals surface area (Å²) in [5, 5.41) is 0. The molecule has 0 fully saturated rings. The average molecular weight is 362 g/mol. The van der Waals surface area contributed by atoms with Crippen LogP contribution < -0.4 is 9.62 Å². The molecular formula is C18H19FN2O3S. The number of carbonyl (C=O) groups is 1. The van der Waals surface area contributed by atoms with Crippen molar-refractivity contribution in [2.24, 2.45) is 0 Å². The van der Waals surface area contributed by atoms with Gasteiger partial charge in [0.2, 0.25) is 15.9 Å². The van der Waals surface area contributed by atoms with Gasteiger partial charge in [-0.05, 0) is 54.3 Å². The Bertz CT molecular complexity index is 912. The predicted octanol–water partition coefficient (Wildman–Crippen LogP) is 2.26. The number of rotatable bonds is 5. The van der Waals surface area contributed by atoms with E-state index in [1.165, 1.54) is 25.1 Å². The number of carbonyl (C=O) groups excluding carboxylic acids is 1. The zero-order chi connectivity index (χ0) is 18.0. The van der Waals surface area contributed by atoms with Gasteiger partial charge >= 0.3 is 0 Å². The Labute approximate surface area is 146 Å². The van der Waals surface area contributed by atoms with Crippen molar-refractivity contribution in [1.82, 2.24) is 4.72 Å². The highest BCUT2D eigenvalue weighted by molar-refractivity contribution is 7.89. The quantitative estimate of drug-likeness (QED) is 0.887. The third kappa shape index (κ3) is 3.88. The lowest BCUT2D eigenvalue weighted by atomic mass is 10.1. The third-order valence-corrected chi connectivity index (χ3v) is 5.69. The van der Waals surface area contributed by atoms with Crippen LogP contribution in [-0.2, 0) is 27.7 Å². The minimum absolute atomic E-state index is 0.0532. The van der Waals surface area contributed by atoms with Crippen LogP contribution in [0.1, 0.15) is 18.1 Å². The average Bonchev–Trinajstić information content (AvgIpc) is 2.98. The van der Waals surface area contributed by atoms with Crippen LogP contribution in [-0.4, -0.2) is 27.4 Å². The summed E-state index contributed by atoms with van der Waals surface area (Å²) in [4.78, 5) is 13.4. The highest BCUT2D eigenvalue weighted by Gasteiger charge is 2.24. The van der Waals surface area contributed by atoms with E-state index in [1.54, 1.807) is 29.2 Å². The molecule has 0 aromatic heterocycles. The molecule has 0 atom stereocenters. The van der Waals surface area contributed by atoms with Gasteiger partial charge < -0.3 is 4.90 Å². The first kappa shape index (κ1) is 17.6. The van der Waals surface area contributed by atoms with E-state index >= 15 is 0 Å². The van der Waals surface area contributed by atoms with Gasteiger partial charge in [0.15, 0.2) is 0 Å². The second-order valence-electron chi connectivity index (χ2n) is 5.99. The Balaban J connectivity index is 1.69. The molecule has 132 valence electrons. The molecule has 0 spiro atoms. The number of sulfonamides is 1. The van der Waals surface area contributed by atoms with E-state index in [-0.39, 0.29) is 23.2 Å². The molecule has 5 nitrogen and oxygen atoms in total. The van der Waals surface area contributed by atoms with Crippen LogP contribution in [0.2, 0.25) is 0 Å². The molecule has 25 heavy (non-hydrogen) atoms. The standard InChI is InChI=1S/C18H19FN2O3S/c1-13(22)21-10-8-15-12-17(5-6-18(15)21)25(23,24)20-9-7-14-3-2-4-16(19)11-14/h2-6,11-12,20H,7-10H2,1H3. The minimum atomic E-state index is -3.65. The van der Waals surface area contributed by atoms with Gasteiger partial charge in [0.05, 0.1) is 4.90 Å². The number of hydrogen-bond acceptors (Lipinski definition) is 3. The molecule has 0 radical (unpaired) electrons. The van der Waals surface area contributed by atoms with Crippen molar-refractivity contribution in [2.45, 2.75) is 24.7 Å². The van der Waals surface area contributed by atoms with Gasteiger partial charge in [0.1, 0.15) is 5.82 Å². The lowest BCUT2D eigenvalue weighted by molar-refractivity contribution is -0.116. The second-order valence-corrected chi connectivity index (χ2v) is 7.76. The number of hydrogen-bond donors (Lipinski definition) is 1. The van der Waals surface area contributed by atoms with Crippen LogP contribution in [0.4, 0.5) is 10.1 Å². The van der Waals surface area contributed by atoms with Crippen LogP contribution in [0.25, 0.3) is 0 Å². The van der Waals surface area contributed by atoms with Crippen molar-refractivity contribution in [3.8, 4) is 0 Å². The first-order valence-electron chi connectivity index (χ1n) is 8.02. The molecule has 1 aliphatic heterocycles. The summed E-state index contributed by atoms with van der Waals surface area (Å²) in [7, 11) is -3.65. The van der Waals surface area contributed by atoms with Crippen molar-refractivity contribution >= 4 is 21.6 Å². The molecule has 7 heteroatoms. The first-order chi connectivity index (χ1) is 11.9. The number of anilines is 1. The normalized spacial score (nSPS) is 13.8. The fourth-order valence-corrected chi connectivity index (χ4v) is 4.06. The molecule has 1 N–H and O–H groups in total. The number of nitrogens with zero attached hydrogens (tertiary/aromatic N) is 1. The first-order valence-corrected chi connectivity index (χ1v) is 9.50. The minimum Gasteiger partial charge on any atom is -0.312 e. The molecule has 1 aliphatic rings. The zero-order valence-electron chi connectivity index (χ0n) is 13.8. The highest BCUT2D eigenvalue weighted by atomic mass is 32.2. The van der Waals surface area contributed by atoms with Crippen LogP contribution >= 0.6 is 0 Å². The van der Waals surface area contributed by atoms with Crippen molar-refractivity contribution in [3.05, 3.63) is 59.4 Å². The van der Waals surface area contributed by atoms with Crippen LogP contribution in [0.3, 0.4) is 0 Å². The third-order valence-electron chi connectivity index (χ3n) is 4.23. The maximum atomic E-state index is 13.1.